The van der Waals surface area contributed by atoms with Crippen LogP contribution >= 0.6 is 15.9 Å². The molecule has 1 unspecified atom stereocenters. The van der Waals surface area contributed by atoms with Crippen LogP contribution in [0.25, 0.3) is 10.9 Å². The third kappa shape index (κ3) is 2.62. The molecule has 0 spiro atoms. The number of aromatic nitrogens is 2. The molecule has 1 atom stereocenters. The number of para-hydroxylation sites is 1. The number of fused-ring (bicyclic) bond motifs is 1. The maximum absolute atomic E-state index is 6.35. The molecule has 3 aromatic rings. The van der Waals surface area contributed by atoms with E-state index in [1.807, 2.05) is 42.5 Å². The van der Waals surface area contributed by atoms with Crippen molar-refractivity contribution in [3.05, 3.63) is 64.5 Å². The SMILES string of the molecule is COc1cccnc1C(N)c1nc2ccccc2cc1Br. The van der Waals surface area contributed by atoms with E-state index in [1.165, 1.54) is 0 Å². The number of methoxy groups -OCH3 is 1. The molecule has 0 aliphatic carbocycles. The first-order valence-electron chi connectivity index (χ1n) is 6.50. The smallest absolute Gasteiger partial charge is 0.142 e. The first kappa shape index (κ1) is 14.0. The molecule has 5 heteroatoms. The van der Waals surface area contributed by atoms with Gasteiger partial charge in [-0.05, 0) is 40.2 Å². The number of nitrogens with zero attached hydrogens (tertiary/aromatic N) is 2. The number of halogens is 1. The summed E-state index contributed by atoms with van der Waals surface area (Å²) in [6.45, 7) is 0. The summed E-state index contributed by atoms with van der Waals surface area (Å²) >= 11 is 3.55. The Morgan fingerprint density at radius 3 is 2.76 bits per heavy atom. The Morgan fingerprint density at radius 2 is 1.95 bits per heavy atom. The number of ether oxygens (including phenoxy) is 1. The highest BCUT2D eigenvalue weighted by Gasteiger charge is 2.19. The van der Waals surface area contributed by atoms with Crippen LogP contribution in [0.15, 0.2) is 53.1 Å². The van der Waals surface area contributed by atoms with E-state index in [-0.39, 0.29) is 0 Å². The summed E-state index contributed by atoms with van der Waals surface area (Å²) < 4.78 is 6.19. The first-order chi connectivity index (χ1) is 10.2. The topological polar surface area (TPSA) is 61.0 Å². The number of nitrogens with two attached hydrogens (primary N) is 1. The molecule has 2 N–H and O–H groups in total. The summed E-state index contributed by atoms with van der Waals surface area (Å²) in [5.74, 6) is 0.659. The van der Waals surface area contributed by atoms with Crippen molar-refractivity contribution in [2.45, 2.75) is 6.04 Å². The molecule has 4 nitrogen and oxygen atoms in total. The molecule has 0 aliphatic rings. The summed E-state index contributed by atoms with van der Waals surface area (Å²) in [6, 6.07) is 13.2. The molecule has 1 aromatic carbocycles. The van der Waals surface area contributed by atoms with Gasteiger partial charge in [0.15, 0.2) is 0 Å². The largest absolute Gasteiger partial charge is 0.495 e. The molecule has 0 saturated carbocycles. The lowest BCUT2D eigenvalue weighted by atomic mass is 10.1. The monoisotopic (exact) mass is 343 g/mol. The molecule has 0 radical (unpaired) electrons. The van der Waals surface area contributed by atoms with Crippen molar-refractivity contribution in [3.63, 3.8) is 0 Å². The predicted molar refractivity (Wildman–Crippen MR) is 86.3 cm³/mol. The van der Waals surface area contributed by atoms with Crippen LogP contribution in [-0.2, 0) is 0 Å². The molecule has 21 heavy (non-hydrogen) atoms. The second-order valence-corrected chi connectivity index (χ2v) is 5.47. The van der Waals surface area contributed by atoms with Crippen molar-refractivity contribution in [2.24, 2.45) is 5.73 Å². The summed E-state index contributed by atoms with van der Waals surface area (Å²) in [5.41, 5.74) is 8.66. The van der Waals surface area contributed by atoms with Crippen LogP contribution in [0.1, 0.15) is 17.4 Å². The van der Waals surface area contributed by atoms with Crippen LogP contribution in [0, 0.1) is 0 Å². The average Bonchev–Trinajstić information content (AvgIpc) is 2.53. The van der Waals surface area contributed by atoms with Gasteiger partial charge in [0, 0.05) is 16.1 Å². The molecule has 0 fully saturated rings. The molecule has 0 saturated heterocycles. The van der Waals surface area contributed by atoms with Crippen LogP contribution in [0.3, 0.4) is 0 Å². The van der Waals surface area contributed by atoms with Crippen LogP contribution in [0.2, 0.25) is 0 Å². The Morgan fingerprint density at radius 1 is 1.14 bits per heavy atom. The van der Waals surface area contributed by atoms with Gasteiger partial charge in [0.1, 0.15) is 11.4 Å². The predicted octanol–water partition coefficient (Wildman–Crippen LogP) is 3.45. The standard InChI is InChI=1S/C16H14BrN3O/c1-21-13-7-4-8-19-16(13)14(18)15-11(17)9-10-5-2-3-6-12(10)20-15/h2-9,14H,18H2,1H3. The highest BCUT2D eigenvalue weighted by atomic mass is 79.9. The fourth-order valence-electron chi connectivity index (χ4n) is 2.26. The quantitative estimate of drug-likeness (QED) is 0.791. The van der Waals surface area contributed by atoms with Crippen molar-refractivity contribution in [1.82, 2.24) is 9.97 Å². The van der Waals surface area contributed by atoms with Gasteiger partial charge in [0.25, 0.3) is 0 Å². The van der Waals surface area contributed by atoms with E-state index in [0.29, 0.717) is 11.4 Å². The Kier molecular flexibility index (Phi) is 3.86. The third-order valence-electron chi connectivity index (χ3n) is 3.31. The maximum Gasteiger partial charge on any atom is 0.142 e. The zero-order valence-corrected chi connectivity index (χ0v) is 13.0. The van der Waals surface area contributed by atoms with E-state index in [2.05, 4.69) is 25.9 Å². The van der Waals surface area contributed by atoms with Gasteiger partial charge in [-0.15, -0.1) is 0 Å². The van der Waals surface area contributed by atoms with Crippen LogP contribution < -0.4 is 10.5 Å². The lowest BCUT2D eigenvalue weighted by Crippen LogP contribution is -2.17. The lowest BCUT2D eigenvalue weighted by molar-refractivity contribution is 0.404. The van der Waals surface area contributed by atoms with Gasteiger partial charge in [-0.2, -0.15) is 0 Å². The molecule has 3 rings (SSSR count). The van der Waals surface area contributed by atoms with E-state index in [9.17, 15) is 0 Å². The number of hydrogen-bond donors (Lipinski definition) is 1. The van der Waals surface area contributed by atoms with Crippen LogP contribution in [-0.4, -0.2) is 17.1 Å². The molecule has 0 amide bonds. The van der Waals surface area contributed by atoms with Gasteiger partial charge in [0.2, 0.25) is 0 Å². The number of benzene rings is 1. The summed E-state index contributed by atoms with van der Waals surface area (Å²) in [7, 11) is 1.61. The minimum Gasteiger partial charge on any atom is -0.495 e. The lowest BCUT2D eigenvalue weighted by Gasteiger charge is -2.16. The van der Waals surface area contributed by atoms with Gasteiger partial charge in [-0.1, -0.05) is 18.2 Å². The second-order valence-electron chi connectivity index (χ2n) is 4.62. The van der Waals surface area contributed by atoms with E-state index in [4.69, 9.17) is 10.5 Å². The fraction of sp³-hybridized carbons (Fsp3) is 0.125. The first-order valence-corrected chi connectivity index (χ1v) is 7.29. The number of rotatable bonds is 3. The van der Waals surface area contributed by atoms with Crippen molar-refractivity contribution >= 4 is 26.8 Å². The molecule has 0 aliphatic heterocycles. The van der Waals surface area contributed by atoms with E-state index >= 15 is 0 Å². The van der Waals surface area contributed by atoms with Gasteiger partial charge >= 0.3 is 0 Å². The highest BCUT2D eigenvalue weighted by molar-refractivity contribution is 9.10. The van der Waals surface area contributed by atoms with Crippen molar-refractivity contribution < 1.29 is 4.74 Å². The third-order valence-corrected chi connectivity index (χ3v) is 3.95. The Hall–Kier alpha value is -1.98. The van der Waals surface area contributed by atoms with Crippen molar-refractivity contribution in [1.29, 1.82) is 0 Å². The minimum atomic E-state index is -0.458. The Bertz CT molecular complexity index is 791. The summed E-state index contributed by atoms with van der Waals surface area (Å²) in [6.07, 6.45) is 1.70. The zero-order valence-electron chi connectivity index (χ0n) is 11.5. The van der Waals surface area contributed by atoms with E-state index in [1.54, 1.807) is 13.3 Å². The van der Waals surface area contributed by atoms with Crippen molar-refractivity contribution in [3.8, 4) is 5.75 Å². The number of hydrogen-bond acceptors (Lipinski definition) is 4. The Balaban J connectivity index is 2.13. The van der Waals surface area contributed by atoms with Gasteiger partial charge in [-0.25, -0.2) is 4.98 Å². The maximum atomic E-state index is 6.35. The summed E-state index contributed by atoms with van der Waals surface area (Å²) in [4.78, 5) is 9.00. The van der Waals surface area contributed by atoms with Gasteiger partial charge in [-0.3, -0.25) is 4.98 Å². The highest BCUT2D eigenvalue weighted by Crippen LogP contribution is 2.31. The fourth-order valence-corrected chi connectivity index (χ4v) is 2.84. The van der Waals surface area contributed by atoms with E-state index in [0.717, 1.165) is 21.1 Å². The molecule has 2 aromatic heterocycles. The minimum absolute atomic E-state index is 0.458. The molecule has 106 valence electrons. The van der Waals surface area contributed by atoms with Crippen LogP contribution in [0.4, 0.5) is 0 Å². The molecular formula is C16H14BrN3O. The molecule has 0 bridgehead atoms. The van der Waals surface area contributed by atoms with Crippen LogP contribution in [0.5, 0.6) is 5.75 Å². The van der Waals surface area contributed by atoms with Gasteiger partial charge < -0.3 is 10.5 Å². The normalized spacial score (nSPS) is 12.3. The second kappa shape index (κ2) is 5.79. The Labute approximate surface area is 131 Å². The zero-order chi connectivity index (χ0) is 14.8. The van der Waals surface area contributed by atoms with Crippen molar-refractivity contribution in [2.75, 3.05) is 7.11 Å². The van der Waals surface area contributed by atoms with E-state index < -0.39 is 6.04 Å². The molecular weight excluding hydrogens is 330 g/mol. The number of pyridine rings is 2. The molecule has 2 heterocycles. The summed E-state index contributed by atoms with van der Waals surface area (Å²) in [5, 5.41) is 1.06. The van der Waals surface area contributed by atoms with Gasteiger partial charge in [0.05, 0.1) is 24.4 Å². The average molecular weight is 344 g/mol.